The Kier molecular flexibility index (Phi) is 4.20. The van der Waals surface area contributed by atoms with E-state index >= 15 is 0 Å². The molecule has 1 aliphatic heterocycles. The molecular weight excluding hydrogens is 304 g/mol. The number of rotatable bonds is 3. The first-order valence-electron chi connectivity index (χ1n) is 7.89. The summed E-state index contributed by atoms with van der Waals surface area (Å²) < 4.78 is 5.39. The number of nitrogen functional groups attached to an aromatic ring is 4. The van der Waals surface area contributed by atoms with Crippen molar-refractivity contribution in [3.8, 4) is 0 Å². The Morgan fingerprint density at radius 2 is 1.58 bits per heavy atom. The minimum absolute atomic E-state index is 0.113. The summed E-state index contributed by atoms with van der Waals surface area (Å²) in [7, 11) is 0. The highest BCUT2D eigenvalue weighted by molar-refractivity contribution is 5.74. The van der Waals surface area contributed by atoms with Crippen LogP contribution < -0.4 is 22.9 Å². The Bertz CT molecular complexity index is 776. The Morgan fingerprint density at radius 3 is 2.25 bits per heavy atom. The zero-order valence-electron chi connectivity index (χ0n) is 13.4. The molecule has 1 heterocycles. The molecule has 2 aromatic rings. The second kappa shape index (κ2) is 6.31. The number of nitrogens with two attached hydrogens (primary N) is 4. The maximum absolute atomic E-state index is 12.1. The molecule has 0 unspecified atom stereocenters. The van der Waals surface area contributed by atoms with Crippen LogP contribution in [0.15, 0.2) is 36.4 Å². The van der Waals surface area contributed by atoms with Gasteiger partial charge in [0, 0.05) is 5.92 Å². The van der Waals surface area contributed by atoms with E-state index in [2.05, 4.69) is 0 Å². The van der Waals surface area contributed by atoms with Gasteiger partial charge < -0.3 is 27.7 Å². The van der Waals surface area contributed by atoms with Gasteiger partial charge in [0.1, 0.15) is 0 Å². The van der Waals surface area contributed by atoms with Gasteiger partial charge in [0.15, 0.2) is 0 Å². The first-order valence-corrected chi connectivity index (χ1v) is 7.89. The molecule has 0 spiro atoms. The molecular formula is C18H22N4O2. The molecule has 8 N–H and O–H groups in total. The van der Waals surface area contributed by atoms with Crippen LogP contribution in [0.5, 0.6) is 0 Å². The highest BCUT2D eigenvalue weighted by Gasteiger charge is 2.31. The predicted molar refractivity (Wildman–Crippen MR) is 96.0 cm³/mol. The fourth-order valence-corrected chi connectivity index (χ4v) is 3.09. The topological polar surface area (TPSA) is 130 Å². The van der Waals surface area contributed by atoms with E-state index in [0.717, 1.165) is 11.1 Å². The van der Waals surface area contributed by atoms with Crippen LogP contribution in [0.3, 0.4) is 0 Å². The van der Waals surface area contributed by atoms with E-state index in [1.165, 1.54) is 0 Å². The maximum Gasteiger partial charge on any atom is 0.309 e. The van der Waals surface area contributed by atoms with Crippen LogP contribution >= 0.6 is 0 Å². The number of cyclic esters (lactones) is 1. The van der Waals surface area contributed by atoms with Crippen molar-refractivity contribution in [2.24, 2.45) is 5.92 Å². The first kappa shape index (κ1) is 16.0. The molecule has 0 bridgehead atoms. The molecule has 3 rings (SSSR count). The smallest absolute Gasteiger partial charge is 0.309 e. The molecule has 0 amide bonds. The second-order valence-corrected chi connectivity index (χ2v) is 6.32. The lowest BCUT2D eigenvalue weighted by molar-refractivity contribution is -0.154. The molecule has 0 saturated carbocycles. The first-order chi connectivity index (χ1) is 11.4. The van der Waals surface area contributed by atoms with Gasteiger partial charge in [0.05, 0.1) is 35.3 Å². The van der Waals surface area contributed by atoms with Gasteiger partial charge in [0.2, 0.25) is 0 Å². The summed E-state index contributed by atoms with van der Waals surface area (Å²) in [5.41, 5.74) is 27.4. The van der Waals surface area contributed by atoms with Crippen molar-refractivity contribution < 1.29 is 9.53 Å². The number of hydrogen-bond donors (Lipinski definition) is 4. The molecule has 2 aromatic carbocycles. The van der Waals surface area contributed by atoms with Gasteiger partial charge >= 0.3 is 5.97 Å². The third kappa shape index (κ3) is 3.22. The van der Waals surface area contributed by atoms with Crippen LogP contribution in [0.1, 0.15) is 23.5 Å². The normalized spacial score (nSPS) is 20.6. The lowest BCUT2D eigenvalue weighted by Crippen LogP contribution is -2.31. The monoisotopic (exact) mass is 326 g/mol. The zero-order valence-corrected chi connectivity index (χ0v) is 13.4. The number of anilines is 4. The van der Waals surface area contributed by atoms with Crippen molar-refractivity contribution >= 4 is 28.7 Å². The van der Waals surface area contributed by atoms with E-state index in [4.69, 9.17) is 27.7 Å². The van der Waals surface area contributed by atoms with Crippen molar-refractivity contribution in [2.75, 3.05) is 29.5 Å². The largest absolute Gasteiger partial charge is 0.465 e. The van der Waals surface area contributed by atoms with E-state index in [0.29, 0.717) is 42.2 Å². The molecule has 1 fully saturated rings. The Morgan fingerprint density at radius 1 is 0.917 bits per heavy atom. The minimum Gasteiger partial charge on any atom is -0.465 e. The van der Waals surface area contributed by atoms with Crippen LogP contribution in [0.4, 0.5) is 22.7 Å². The Balaban J connectivity index is 1.76. The summed E-state index contributed by atoms with van der Waals surface area (Å²) in [5, 5.41) is 0. The summed E-state index contributed by atoms with van der Waals surface area (Å²) >= 11 is 0. The van der Waals surface area contributed by atoms with Crippen molar-refractivity contribution in [3.05, 3.63) is 47.5 Å². The van der Waals surface area contributed by atoms with Crippen LogP contribution in [-0.4, -0.2) is 12.6 Å². The number of ether oxygens (including phenoxy) is 1. The fourth-order valence-electron chi connectivity index (χ4n) is 3.09. The number of carbonyl (C=O) groups excluding carboxylic acids is 1. The maximum atomic E-state index is 12.1. The van der Waals surface area contributed by atoms with E-state index in [1.807, 2.05) is 24.3 Å². The van der Waals surface area contributed by atoms with Crippen LogP contribution in [0, 0.1) is 5.92 Å². The molecule has 0 aliphatic carbocycles. The van der Waals surface area contributed by atoms with Crippen LogP contribution in [-0.2, 0) is 16.0 Å². The molecule has 1 saturated heterocycles. The molecule has 126 valence electrons. The molecule has 0 aromatic heterocycles. The fraction of sp³-hybridized carbons (Fsp3) is 0.278. The lowest BCUT2D eigenvalue weighted by Gasteiger charge is -2.29. The summed E-state index contributed by atoms with van der Waals surface area (Å²) in [5.74, 6) is -0.280. The van der Waals surface area contributed by atoms with Gasteiger partial charge in [-0.1, -0.05) is 12.1 Å². The van der Waals surface area contributed by atoms with Gasteiger partial charge in [-0.3, -0.25) is 4.79 Å². The van der Waals surface area contributed by atoms with E-state index < -0.39 is 0 Å². The molecule has 6 nitrogen and oxygen atoms in total. The zero-order chi connectivity index (χ0) is 17.3. The molecule has 0 radical (unpaired) electrons. The predicted octanol–water partition coefficient (Wildman–Crippen LogP) is 1.90. The van der Waals surface area contributed by atoms with E-state index in [-0.39, 0.29) is 17.8 Å². The Labute approximate surface area is 140 Å². The molecule has 6 heteroatoms. The standard InChI is InChI=1S/C18H22N4O2/c19-14-3-1-10(6-16(14)21)5-12-7-13(9-24-18(12)23)11-2-4-15(20)17(22)8-11/h1-4,6,8,12-13H,5,7,9,19-22H2/t12-,13-/m1/s1. The van der Waals surface area contributed by atoms with E-state index in [1.54, 1.807) is 12.1 Å². The number of esters is 1. The van der Waals surface area contributed by atoms with Crippen molar-refractivity contribution in [1.29, 1.82) is 0 Å². The summed E-state index contributed by atoms with van der Waals surface area (Å²) in [6.07, 6.45) is 1.27. The van der Waals surface area contributed by atoms with Gasteiger partial charge in [-0.25, -0.2) is 0 Å². The summed E-state index contributed by atoms with van der Waals surface area (Å²) in [6, 6.07) is 11.1. The number of carbonyl (C=O) groups is 1. The quantitative estimate of drug-likeness (QED) is 0.503. The minimum atomic E-state index is -0.217. The van der Waals surface area contributed by atoms with Crippen molar-refractivity contribution in [1.82, 2.24) is 0 Å². The van der Waals surface area contributed by atoms with Gasteiger partial charge in [0.25, 0.3) is 0 Å². The Hall–Kier alpha value is -2.89. The van der Waals surface area contributed by atoms with Gasteiger partial charge in [-0.15, -0.1) is 0 Å². The average molecular weight is 326 g/mol. The SMILES string of the molecule is Nc1ccc(C[C@@H]2C[C@@H](c3ccc(N)c(N)c3)COC2=O)cc1N. The van der Waals surface area contributed by atoms with Crippen molar-refractivity contribution in [2.45, 2.75) is 18.8 Å². The molecule has 2 atom stereocenters. The molecule has 1 aliphatic rings. The van der Waals surface area contributed by atoms with Gasteiger partial charge in [-0.2, -0.15) is 0 Å². The summed E-state index contributed by atoms with van der Waals surface area (Å²) in [6.45, 7) is 0.364. The molecule has 24 heavy (non-hydrogen) atoms. The van der Waals surface area contributed by atoms with Crippen molar-refractivity contribution in [3.63, 3.8) is 0 Å². The third-order valence-corrected chi connectivity index (χ3v) is 4.54. The number of benzene rings is 2. The third-order valence-electron chi connectivity index (χ3n) is 4.54. The van der Waals surface area contributed by atoms with Crippen LogP contribution in [0.25, 0.3) is 0 Å². The highest BCUT2D eigenvalue weighted by atomic mass is 16.5. The second-order valence-electron chi connectivity index (χ2n) is 6.32. The lowest BCUT2D eigenvalue weighted by atomic mass is 9.84. The van der Waals surface area contributed by atoms with Crippen LogP contribution in [0.2, 0.25) is 0 Å². The highest BCUT2D eigenvalue weighted by Crippen LogP contribution is 2.33. The number of hydrogen-bond acceptors (Lipinski definition) is 6. The van der Waals surface area contributed by atoms with Gasteiger partial charge in [-0.05, 0) is 48.2 Å². The average Bonchev–Trinajstić information content (AvgIpc) is 2.56. The summed E-state index contributed by atoms with van der Waals surface area (Å²) in [4.78, 5) is 12.1. The van der Waals surface area contributed by atoms with E-state index in [9.17, 15) is 4.79 Å².